The summed E-state index contributed by atoms with van der Waals surface area (Å²) in [5.41, 5.74) is 9.62. The van der Waals surface area contributed by atoms with E-state index in [9.17, 15) is 0 Å². The molecular formula is C51H35N3O. The zero-order valence-corrected chi connectivity index (χ0v) is 29.9. The Morgan fingerprint density at radius 3 is 1.89 bits per heavy atom. The molecule has 0 bridgehead atoms. The maximum Gasteiger partial charge on any atom is 0.143 e. The number of hydrogen-bond acceptors (Lipinski definition) is 4. The van der Waals surface area contributed by atoms with Crippen LogP contribution in [0, 0.1) is 0 Å². The van der Waals surface area contributed by atoms with Gasteiger partial charge in [-0.15, -0.1) is 0 Å². The molecular weight excluding hydrogens is 671 g/mol. The Labute approximate surface area is 318 Å². The van der Waals surface area contributed by atoms with Crippen LogP contribution in [0.3, 0.4) is 0 Å². The van der Waals surface area contributed by atoms with E-state index in [0.717, 1.165) is 72.1 Å². The molecule has 10 aromatic rings. The van der Waals surface area contributed by atoms with Crippen molar-refractivity contribution in [3.63, 3.8) is 0 Å². The molecule has 1 aliphatic rings. The molecule has 0 spiro atoms. The smallest absolute Gasteiger partial charge is 0.143 e. The van der Waals surface area contributed by atoms with Crippen LogP contribution < -0.4 is 10.6 Å². The summed E-state index contributed by atoms with van der Waals surface area (Å²) in [4.78, 5) is 5.52. The molecule has 2 unspecified atom stereocenters. The summed E-state index contributed by atoms with van der Waals surface area (Å²) < 4.78 is 6.71. The maximum atomic E-state index is 6.71. The molecule has 1 aliphatic heterocycles. The molecule has 0 amide bonds. The van der Waals surface area contributed by atoms with Crippen LogP contribution in [0.1, 0.15) is 29.0 Å². The van der Waals surface area contributed by atoms with Crippen molar-refractivity contribution in [2.45, 2.75) is 12.3 Å². The minimum atomic E-state index is -0.333. The molecule has 55 heavy (non-hydrogen) atoms. The number of hydrogen-bond donors (Lipinski definition) is 2. The first-order chi connectivity index (χ1) is 27.3. The molecule has 9 aromatic carbocycles. The zero-order chi connectivity index (χ0) is 36.3. The Hall–Kier alpha value is -7.01. The van der Waals surface area contributed by atoms with Gasteiger partial charge in [-0.05, 0) is 84.4 Å². The molecule has 2 atom stereocenters. The van der Waals surface area contributed by atoms with Gasteiger partial charge in [0.25, 0.3) is 0 Å². The lowest BCUT2D eigenvalue weighted by Gasteiger charge is -2.33. The lowest BCUT2D eigenvalue weighted by molar-refractivity contribution is 0.409. The normalized spacial score (nSPS) is 15.8. The van der Waals surface area contributed by atoms with Gasteiger partial charge < -0.3 is 9.73 Å². The van der Waals surface area contributed by atoms with E-state index in [1.807, 2.05) is 0 Å². The summed E-state index contributed by atoms with van der Waals surface area (Å²) in [7, 11) is 0. The zero-order valence-electron chi connectivity index (χ0n) is 29.9. The fraction of sp³-hybridized carbons (Fsp3) is 0.0392. The van der Waals surface area contributed by atoms with Gasteiger partial charge in [-0.2, -0.15) is 0 Å². The number of para-hydroxylation sites is 1. The van der Waals surface area contributed by atoms with Crippen LogP contribution in [0.4, 0.5) is 0 Å². The van der Waals surface area contributed by atoms with Gasteiger partial charge in [0, 0.05) is 21.9 Å². The second-order valence-corrected chi connectivity index (χ2v) is 14.3. The third kappa shape index (κ3) is 5.30. The Kier molecular flexibility index (Phi) is 7.35. The Morgan fingerprint density at radius 2 is 1.07 bits per heavy atom. The van der Waals surface area contributed by atoms with Gasteiger partial charge >= 0.3 is 0 Å². The van der Waals surface area contributed by atoms with Crippen LogP contribution in [0.15, 0.2) is 197 Å². The van der Waals surface area contributed by atoms with Crippen molar-refractivity contribution < 1.29 is 4.42 Å². The van der Waals surface area contributed by atoms with Crippen LogP contribution in [-0.2, 0) is 0 Å². The summed E-state index contributed by atoms with van der Waals surface area (Å²) in [6.07, 6.45) is -0.503. The van der Waals surface area contributed by atoms with Gasteiger partial charge in [-0.25, -0.2) is 4.99 Å². The first-order valence-electron chi connectivity index (χ1n) is 18.9. The summed E-state index contributed by atoms with van der Waals surface area (Å²) in [6, 6.07) is 66.9. The number of nitrogens with zero attached hydrogens (tertiary/aromatic N) is 1. The predicted octanol–water partition coefficient (Wildman–Crippen LogP) is 12.7. The van der Waals surface area contributed by atoms with E-state index in [1.54, 1.807) is 0 Å². The topological polar surface area (TPSA) is 49.6 Å². The molecule has 0 radical (unpaired) electrons. The largest absolute Gasteiger partial charge is 0.455 e. The number of benzene rings is 9. The molecule has 2 heterocycles. The third-order valence-electron chi connectivity index (χ3n) is 11.1. The fourth-order valence-corrected chi connectivity index (χ4v) is 8.56. The molecule has 4 heteroatoms. The van der Waals surface area contributed by atoms with E-state index in [0.29, 0.717) is 0 Å². The first kappa shape index (κ1) is 31.5. The Balaban J connectivity index is 1.13. The molecule has 260 valence electrons. The van der Waals surface area contributed by atoms with Crippen molar-refractivity contribution in [3.05, 3.63) is 205 Å². The van der Waals surface area contributed by atoms with Crippen molar-refractivity contribution >= 4 is 60.1 Å². The van der Waals surface area contributed by atoms with Crippen molar-refractivity contribution in [2.24, 2.45) is 4.99 Å². The molecule has 2 N–H and O–H groups in total. The van der Waals surface area contributed by atoms with Gasteiger partial charge in [-0.3, -0.25) is 5.32 Å². The predicted molar refractivity (Wildman–Crippen MR) is 228 cm³/mol. The van der Waals surface area contributed by atoms with Gasteiger partial charge in [-0.1, -0.05) is 164 Å². The van der Waals surface area contributed by atoms with Gasteiger partial charge in [0.1, 0.15) is 29.3 Å². The van der Waals surface area contributed by atoms with E-state index in [2.05, 4.69) is 199 Å². The van der Waals surface area contributed by atoms with Crippen LogP contribution in [0.25, 0.3) is 76.5 Å². The van der Waals surface area contributed by atoms with Gasteiger partial charge in [0.2, 0.25) is 0 Å². The van der Waals surface area contributed by atoms with Crippen LogP contribution in [0.5, 0.6) is 0 Å². The molecule has 4 nitrogen and oxygen atoms in total. The van der Waals surface area contributed by atoms with E-state index in [1.165, 1.54) is 26.9 Å². The Morgan fingerprint density at radius 1 is 0.436 bits per heavy atom. The lowest BCUT2D eigenvalue weighted by atomic mass is 9.91. The number of rotatable bonds is 5. The summed E-state index contributed by atoms with van der Waals surface area (Å²) in [5, 5.41) is 17.1. The van der Waals surface area contributed by atoms with Gasteiger partial charge in [0.15, 0.2) is 0 Å². The molecule has 11 rings (SSSR count). The molecule has 0 saturated heterocycles. The van der Waals surface area contributed by atoms with Crippen molar-refractivity contribution in [3.8, 4) is 22.3 Å². The molecule has 0 fully saturated rings. The van der Waals surface area contributed by atoms with E-state index in [-0.39, 0.29) is 12.3 Å². The lowest BCUT2D eigenvalue weighted by Crippen LogP contribution is -2.45. The average Bonchev–Trinajstić information content (AvgIpc) is 3.66. The summed E-state index contributed by atoms with van der Waals surface area (Å²) in [5.74, 6) is 0.866. The highest BCUT2D eigenvalue weighted by molar-refractivity contribution is 6.19. The monoisotopic (exact) mass is 705 g/mol. The third-order valence-corrected chi connectivity index (χ3v) is 11.1. The van der Waals surface area contributed by atoms with Crippen LogP contribution in [0.2, 0.25) is 0 Å². The first-order valence-corrected chi connectivity index (χ1v) is 18.9. The summed E-state index contributed by atoms with van der Waals surface area (Å²) in [6.45, 7) is 0. The van der Waals surface area contributed by atoms with Crippen LogP contribution >= 0.6 is 0 Å². The van der Waals surface area contributed by atoms with E-state index >= 15 is 0 Å². The molecule has 0 saturated carbocycles. The van der Waals surface area contributed by atoms with E-state index in [4.69, 9.17) is 9.41 Å². The van der Waals surface area contributed by atoms with E-state index < -0.39 is 0 Å². The minimum absolute atomic E-state index is 0.170. The van der Waals surface area contributed by atoms with Crippen molar-refractivity contribution in [2.75, 3.05) is 0 Å². The standard InChI is InChI=1S/C51H35N3O/c1-3-15-32(16-4-1)39-25-13-27-43-47-42(26-14-28-46(47)55-48(39)43)44-31-36(29-34-19-7-10-22-38(34)44)50-52-49(33-17-5-2-6-18-33)53-51(54-50)45-30-35-20-8-9-21-37(35)40-23-11-12-24-41(40)45/h1-31,49-50,52H,(H,53,54). The summed E-state index contributed by atoms with van der Waals surface area (Å²) >= 11 is 0. The fourth-order valence-electron chi connectivity index (χ4n) is 8.56. The number of nitrogens with one attached hydrogen (secondary N) is 2. The number of fused-ring (bicyclic) bond motifs is 7. The minimum Gasteiger partial charge on any atom is -0.455 e. The quantitative estimate of drug-likeness (QED) is 0.175. The highest BCUT2D eigenvalue weighted by Gasteiger charge is 2.28. The number of aliphatic imine (C=N–C) groups is 1. The van der Waals surface area contributed by atoms with Gasteiger partial charge in [0.05, 0.1) is 0 Å². The highest BCUT2D eigenvalue weighted by Crippen LogP contribution is 2.43. The molecule has 0 aliphatic carbocycles. The van der Waals surface area contributed by atoms with Crippen molar-refractivity contribution in [1.82, 2.24) is 10.6 Å². The number of furan rings is 1. The van der Waals surface area contributed by atoms with Crippen LogP contribution in [-0.4, -0.2) is 5.84 Å². The second-order valence-electron chi connectivity index (χ2n) is 14.3. The molecule has 1 aromatic heterocycles. The average molecular weight is 706 g/mol. The SMILES string of the molecule is c1ccc(-c2cccc3c2oc2cccc(-c4cc(C5N=C(c6cc7ccccc7c7ccccc67)NC(c6ccccc6)N5)cc5ccccc45)c23)cc1. The maximum absolute atomic E-state index is 6.71. The van der Waals surface area contributed by atoms with Crippen molar-refractivity contribution in [1.29, 1.82) is 0 Å². The number of amidine groups is 1. The Bertz CT molecular complexity index is 3110. The highest BCUT2D eigenvalue weighted by atomic mass is 16.3. The second kappa shape index (κ2) is 12.8.